The second kappa shape index (κ2) is 11.2. The molecule has 1 saturated heterocycles. The first-order chi connectivity index (χ1) is 19.5. The van der Waals surface area contributed by atoms with Gasteiger partial charge in [0.05, 0.1) is 17.4 Å². The SMILES string of the molecule is CN(C(=O)c1n[nH]c2ccc(-c3cncc(CN4CCCCC4)c3)cc12)c1ccc(Oc2ccccc2F)nc1. The van der Waals surface area contributed by atoms with Gasteiger partial charge in [-0.15, -0.1) is 0 Å². The molecule has 1 aliphatic heterocycles. The van der Waals surface area contributed by atoms with E-state index >= 15 is 0 Å². The molecular formula is C31H29FN6O2. The second-order valence-electron chi connectivity index (χ2n) is 10.0. The molecule has 8 nitrogen and oxygen atoms in total. The van der Waals surface area contributed by atoms with Crippen molar-refractivity contribution in [1.29, 1.82) is 0 Å². The summed E-state index contributed by atoms with van der Waals surface area (Å²) in [6.07, 6.45) is 9.09. The monoisotopic (exact) mass is 536 g/mol. The van der Waals surface area contributed by atoms with Crippen LogP contribution in [0.25, 0.3) is 22.0 Å². The van der Waals surface area contributed by atoms with Crippen LogP contribution in [0.1, 0.15) is 35.3 Å². The number of rotatable bonds is 7. The van der Waals surface area contributed by atoms with E-state index in [4.69, 9.17) is 4.74 Å². The lowest BCUT2D eigenvalue weighted by molar-refractivity contribution is 0.0989. The van der Waals surface area contributed by atoms with Gasteiger partial charge in [-0.25, -0.2) is 9.37 Å². The molecule has 0 atom stereocenters. The number of halogens is 1. The number of aromatic nitrogens is 4. The maximum atomic E-state index is 13.9. The van der Waals surface area contributed by atoms with E-state index in [9.17, 15) is 9.18 Å². The van der Waals surface area contributed by atoms with Crippen molar-refractivity contribution < 1.29 is 13.9 Å². The normalized spacial score (nSPS) is 13.8. The summed E-state index contributed by atoms with van der Waals surface area (Å²) in [6.45, 7) is 3.14. The Morgan fingerprint density at radius 1 is 1.00 bits per heavy atom. The van der Waals surface area contributed by atoms with Crippen LogP contribution >= 0.6 is 0 Å². The Hall–Kier alpha value is -4.63. The van der Waals surface area contributed by atoms with Crippen LogP contribution in [0.4, 0.5) is 10.1 Å². The van der Waals surface area contributed by atoms with Crippen LogP contribution in [0, 0.1) is 5.82 Å². The molecule has 1 amide bonds. The van der Waals surface area contributed by atoms with Crippen molar-refractivity contribution in [2.75, 3.05) is 25.0 Å². The summed E-state index contributed by atoms with van der Waals surface area (Å²) >= 11 is 0. The molecule has 4 heterocycles. The topological polar surface area (TPSA) is 87.2 Å². The number of anilines is 1. The minimum atomic E-state index is -0.477. The third-order valence-corrected chi connectivity index (χ3v) is 7.21. The fourth-order valence-corrected chi connectivity index (χ4v) is 5.01. The average Bonchev–Trinajstić information content (AvgIpc) is 3.42. The van der Waals surface area contributed by atoms with Gasteiger partial charge in [0.2, 0.25) is 5.88 Å². The minimum absolute atomic E-state index is 0.0817. The number of ether oxygens (including phenoxy) is 1. The van der Waals surface area contributed by atoms with Gasteiger partial charge in [-0.1, -0.05) is 24.6 Å². The molecule has 0 bridgehead atoms. The Morgan fingerprint density at radius 3 is 2.65 bits per heavy atom. The van der Waals surface area contributed by atoms with Gasteiger partial charge in [0, 0.05) is 43.0 Å². The number of likely N-dealkylation sites (tertiary alicyclic amines) is 1. The largest absolute Gasteiger partial charge is 0.436 e. The molecule has 6 rings (SSSR count). The molecule has 0 saturated carbocycles. The van der Waals surface area contributed by atoms with Gasteiger partial charge < -0.3 is 9.64 Å². The number of hydrogen-bond acceptors (Lipinski definition) is 6. The molecule has 0 aliphatic carbocycles. The number of hydrogen-bond donors (Lipinski definition) is 1. The highest BCUT2D eigenvalue weighted by molar-refractivity contribution is 6.12. The third kappa shape index (κ3) is 5.41. The first kappa shape index (κ1) is 25.6. The van der Waals surface area contributed by atoms with Crippen molar-refractivity contribution in [3.8, 4) is 22.8 Å². The van der Waals surface area contributed by atoms with E-state index < -0.39 is 5.82 Å². The first-order valence-corrected chi connectivity index (χ1v) is 13.4. The maximum Gasteiger partial charge on any atom is 0.279 e. The molecule has 0 radical (unpaired) electrons. The smallest absolute Gasteiger partial charge is 0.279 e. The van der Waals surface area contributed by atoms with Crippen molar-refractivity contribution in [1.82, 2.24) is 25.1 Å². The number of pyridine rings is 2. The second-order valence-corrected chi connectivity index (χ2v) is 10.0. The van der Waals surface area contributed by atoms with E-state index in [0.717, 1.165) is 41.7 Å². The highest BCUT2D eigenvalue weighted by Gasteiger charge is 2.21. The van der Waals surface area contributed by atoms with Crippen LogP contribution in [0.2, 0.25) is 0 Å². The lowest BCUT2D eigenvalue weighted by atomic mass is 10.0. The van der Waals surface area contributed by atoms with Crippen LogP contribution in [0.15, 0.2) is 79.3 Å². The summed E-state index contributed by atoms with van der Waals surface area (Å²) in [5.41, 5.74) is 4.77. The van der Waals surface area contributed by atoms with E-state index in [2.05, 4.69) is 31.1 Å². The lowest BCUT2D eigenvalue weighted by Crippen LogP contribution is -2.29. The maximum absolute atomic E-state index is 13.9. The fourth-order valence-electron chi connectivity index (χ4n) is 5.01. The molecule has 3 aromatic heterocycles. The first-order valence-electron chi connectivity index (χ1n) is 13.4. The standard InChI is InChI=1S/C31H29FN6O2/c1-37(24-10-12-29(34-19-24)40-28-8-4-3-7-26(28)32)31(39)30-25-16-22(9-11-27(25)35-36-30)23-15-21(17-33-18-23)20-38-13-5-2-6-14-38/h3-4,7-12,15-19H,2,5-6,13-14,20H2,1H3,(H,35,36). The number of nitrogens with zero attached hydrogens (tertiary/aromatic N) is 5. The van der Waals surface area contributed by atoms with Gasteiger partial charge in [0.25, 0.3) is 5.91 Å². The molecule has 0 spiro atoms. The van der Waals surface area contributed by atoms with Crippen molar-refractivity contribution >= 4 is 22.5 Å². The quantitative estimate of drug-likeness (QED) is 0.266. The van der Waals surface area contributed by atoms with Crippen molar-refractivity contribution in [3.05, 3.63) is 96.3 Å². The van der Waals surface area contributed by atoms with Crippen LogP contribution in [-0.2, 0) is 6.54 Å². The number of fused-ring (bicyclic) bond motifs is 1. The summed E-state index contributed by atoms with van der Waals surface area (Å²) in [7, 11) is 1.66. The number of nitrogens with one attached hydrogen (secondary N) is 1. The molecule has 5 aromatic rings. The van der Waals surface area contributed by atoms with E-state index in [1.807, 2.05) is 30.6 Å². The van der Waals surface area contributed by atoms with Gasteiger partial charge in [0.1, 0.15) is 0 Å². The Labute approximate surface area is 231 Å². The van der Waals surface area contributed by atoms with E-state index in [1.54, 1.807) is 31.3 Å². The van der Waals surface area contributed by atoms with Gasteiger partial charge >= 0.3 is 0 Å². The third-order valence-electron chi connectivity index (χ3n) is 7.21. The van der Waals surface area contributed by atoms with Crippen LogP contribution in [-0.4, -0.2) is 51.1 Å². The number of para-hydroxylation sites is 1. The molecular weight excluding hydrogens is 507 g/mol. The van der Waals surface area contributed by atoms with Gasteiger partial charge in [-0.2, -0.15) is 5.10 Å². The average molecular weight is 537 g/mol. The molecule has 2 aromatic carbocycles. The zero-order valence-electron chi connectivity index (χ0n) is 22.2. The molecule has 9 heteroatoms. The fraction of sp³-hybridized carbons (Fsp3) is 0.226. The Kier molecular flexibility index (Phi) is 7.20. The number of carbonyl (C=O) groups excluding carboxylic acids is 1. The minimum Gasteiger partial charge on any atom is -0.436 e. The molecule has 1 aliphatic rings. The van der Waals surface area contributed by atoms with Crippen molar-refractivity contribution in [2.45, 2.75) is 25.8 Å². The lowest BCUT2D eigenvalue weighted by Gasteiger charge is -2.26. The predicted octanol–water partition coefficient (Wildman–Crippen LogP) is 6.21. The summed E-state index contributed by atoms with van der Waals surface area (Å²) in [5, 5.41) is 8.02. The number of H-pyrrole nitrogens is 1. The Balaban J connectivity index is 1.21. The highest BCUT2D eigenvalue weighted by Crippen LogP contribution is 2.28. The number of benzene rings is 2. The van der Waals surface area contributed by atoms with Crippen molar-refractivity contribution in [2.24, 2.45) is 0 Å². The number of aromatic amines is 1. The molecule has 1 fully saturated rings. The van der Waals surface area contributed by atoms with E-state index in [1.165, 1.54) is 48.1 Å². The van der Waals surface area contributed by atoms with Gasteiger partial charge in [-0.05, 0) is 73.5 Å². The summed E-state index contributed by atoms with van der Waals surface area (Å²) in [5.74, 6) is -0.459. The zero-order valence-corrected chi connectivity index (χ0v) is 22.2. The van der Waals surface area contributed by atoms with Crippen molar-refractivity contribution in [3.63, 3.8) is 0 Å². The van der Waals surface area contributed by atoms with E-state index in [0.29, 0.717) is 11.4 Å². The van der Waals surface area contributed by atoms with E-state index in [-0.39, 0.29) is 17.5 Å². The van der Waals surface area contributed by atoms with Gasteiger partial charge in [0.15, 0.2) is 17.3 Å². The molecule has 0 unspecified atom stereocenters. The molecule has 1 N–H and O–H groups in total. The van der Waals surface area contributed by atoms with Crippen LogP contribution < -0.4 is 9.64 Å². The predicted molar refractivity (Wildman–Crippen MR) is 152 cm³/mol. The Morgan fingerprint density at radius 2 is 1.85 bits per heavy atom. The molecule has 202 valence electrons. The molecule has 40 heavy (non-hydrogen) atoms. The summed E-state index contributed by atoms with van der Waals surface area (Å²) < 4.78 is 19.4. The highest BCUT2D eigenvalue weighted by atomic mass is 19.1. The number of carbonyl (C=O) groups is 1. The van der Waals surface area contributed by atoms with Crippen LogP contribution in [0.5, 0.6) is 11.6 Å². The zero-order chi connectivity index (χ0) is 27.5. The Bertz CT molecular complexity index is 1650. The van der Waals surface area contributed by atoms with Crippen LogP contribution in [0.3, 0.4) is 0 Å². The van der Waals surface area contributed by atoms with Gasteiger partial charge in [-0.3, -0.25) is 19.8 Å². The summed E-state index contributed by atoms with van der Waals surface area (Å²) in [4.78, 5) is 26.2. The summed E-state index contributed by atoms with van der Waals surface area (Å²) in [6, 6.07) is 17.5. The number of piperidine rings is 1. The number of amides is 1.